The zero-order chi connectivity index (χ0) is 12.2. The Bertz CT molecular complexity index is 377. The summed E-state index contributed by atoms with van der Waals surface area (Å²) in [6, 6.07) is 2.08. The van der Waals surface area contributed by atoms with E-state index in [1.807, 2.05) is 0 Å². The van der Waals surface area contributed by atoms with Crippen molar-refractivity contribution in [1.29, 1.82) is 0 Å². The number of rotatable bonds is 1. The average molecular weight is 254 g/mol. The van der Waals surface area contributed by atoms with Crippen molar-refractivity contribution >= 4 is 28.3 Å². The Balaban J connectivity index is 2.34. The van der Waals surface area contributed by atoms with Gasteiger partial charge in [0, 0.05) is 0 Å². The second-order valence-corrected chi connectivity index (χ2v) is 3.37. The van der Waals surface area contributed by atoms with Crippen LogP contribution in [0.3, 0.4) is 0 Å². The predicted octanol–water partition coefficient (Wildman–Crippen LogP) is 1.89. The third kappa shape index (κ3) is 3.77. The Labute approximate surface area is 91.2 Å². The number of alkyl halides is 3. The number of hydrogen-bond donors (Lipinski definition) is 2. The maximum Gasteiger partial charge on any atom is 0.493 e. The number of urea groups is 1. The molecule has 0 saturated carbocycles. The van der Waals surface area contributed by atoms with E-state index in [9.17, 15) is 22.8 Å². The number of anilines is 1. The van der Waals surface area contributed by atoms with Crippen LogP contribution < -0.4 is 10.8 Å². The molecule has 5 nitrogen and oxygen atoms in total. The summed E-state index contributed by atoms with van der Waals surface area (Å²) in [7, 11) is 0. The first kappa shape index (κ1) is 12.3. The van der Waals surface area contributed by atoms with Gasteiger partial charge in [-0.15, -0.1) is 11.3 Å². The van der Waals surface area contributed by atoms with Crippen molar-refractivity contribution in [2.45, 2.75) is 6.18 Å². The first-order valence-electron chi connectivity index (χ1n) is 3.78. The molecule has 9 heteroatoms. The van der Waals surface area contributed by atoms with Gasteiger partial charge < -0.3 is 4.84 Å². The summed E-state index contributed by atoms with van der Waals surface area (Å²) in [6.07, 6.45) is -5.14. The summed E-state index contributed by atoms with van der Waals surface area (Å²) < 4.78 is 34.9. The number of carbonyl (C=O) groups excluding carboxylic acids is 2. The number of hydroxylamine groups is 1. The van der Waals surface area contributed by atoms with Gasteiger partial charge in [0.05, 0.1) is 5.00 Å². The monoisotopic (exact) mass is 254 g/mol. The van der Waals surface area contributed by atoms with Gasteiger partial charge in [0.15, 0.2) is 0 Å². The second kappa shape index (κ2) is 4.84. The summed E-state index contributed by atoms with van der Waals surface area (Å²) in [5.41, 5.74) is 1.31. The van der Waals surface area contributed by atoms with Gasteiger partial charge in [0.25, 0.3) is 0 Å². The first-order valence-corrected chi connectivity index (χ1v) is 4.66. The Morgan fingerprint density at radius 3 is 2.56 bits per heavy atom. The molecule has 0 saturated heterocycles. The van der Waals surface area contributed by atoms with Crippen molar-refractivity contribution in [3.63, 3.8) is 0 Å². The molecule has 0 aliphatic heterocycles. The minimum atomic E-state index is -5.14. The smallest absolute Gasteiger partial charge is 0.331 e. The van der Waals surface area contributed by atoms with E-state index in [1.54, 1.807) is 11.4 Å². The zero-order valence-electron chi connectivity index (χ0n) is 7.50. The highest BCUT2D eigenvalue weighted by Crippen LogP contribution is 2.16. The topological polar surface area (TPSA) is 67.4 Å². The molecule has 88 valence electrons. The highest BCUT2D eigenvalue weighted by Gasteiger charge is 2.41. The van der Waals surface area contributed by atoms with E-state index < -0.39 is 18.2 Å². The van der Waals surface area contributed by atoms with Crippen molar-refractivity contribution in [2.24, 2.45) is 0 Å². The van der Waals surface area contributed by atoms with E-state index >= 15 is 0 Å². The van der Waals surface area contributed by atoms with Gasteiger partial charge in [-0.1, -0.05) is 0 Å². The molecule has 1 rings (SSSR count). The highest BCUT2D eigenvalue weighted by molar-refractivity contribution is 7.14. The van der Waals surface area contributed by atoms with Crippen molar-refractivity contribution < 1.29 is 27.6 Å². The molecule has 0 atom stereocenters. The minimum absolute atomic E-state index is 0.403. The minimum Gasteiger partial charge on any atom is -0.331 e. The summed E-state index contributed by atoms with van der Waals surface area (Å²) in [5.74, 6) is -2.49. The lowest BCUT2D eigenvalue weighted by Gasteiger charge is -2.07. The third-order valence-corrected chi connectivity index (χ3v) is 2.01. The van der Waals surface area contributed by atoms with Gasteiger partial charge in [0.2, 0.25) is 0 Å². The lowest BCUT2D eigenvalue weighted by molar-refractivity contribution is -0.204. The van der Waals surface area contributed by atoms with E-state index in [4.69, 9.17) is 0 Å². The van der Waals surface area contributed by atoms with Crippen LogP contribution in [0.4, 0.5) is 23.0 Å². The van der Waals surface area contributed by atoms with Crippen LogP contribution in [0.2, 0.25) is 0 Å². The summed E-state index contributed by atoms with van der Waals surface area (Å²) >= 11 is 1.16. The quantitative estimate of drug-likeness (QED) is 0.752. The zero-order valence-corrected chi connectivity index (χ0v) is 8.32. The molecule has 2 amide bonds. The second-order valence-electron chi connectivity index (χ2n) is 2.42. The molecule has 1 heterocycles. The molecule has 1 aromatic heterocycles. The molecule has 0 fully saturated rings. The summed E-state index contributed by atoms with van der Waals surface area (Å²) in [5, 5.41) is 4.21. The fraction of sp³-hybridized carbons (Fsp3) is 0.143. The maximum atomic E-state index is 11.6. The predicted molar refractivity (Wildman–Crippen MR) is 48.6 cm³/mol. The van der Waals surface area contributed by atoms with Crippen LogP contribution in [0.25, 0.3) is 0 Å². The molecule has 0 radical (unpaired) electrons. The van der Waals surface area contributed by atoms with Crippen LogP contribution in [0.5, 0.6) is 0 Å². The lowest BCUT2D eigenvalue weighted by atomic mass is 10.6. The number of carbonyl (C=O) groups is 2. The van der Waals surface area contributed by atoms with E-state index in [0.29, 0.717) is 5.00 Å². The number of nitrogens with one attached hydrogen (secondary N) is 2. The Morgan fingerprint density at radius 1 is 1.38 bits per heavy atom. The van der Waals surface area contributed by atoms with Crippen molar-refractivity contribution in [1.82, 2.24) is 5.48 Å². The molecule has 0 aromatic carbocycles. The molecule has 0 spiro atoms. The van der Waals surface area contributed by atoms with Gasteiger partial charge in [-0.05, 0) is 17.5 Å². The van der Waals surface area contributed by atoms with Crippen molar-refractivity contribution in [2.75, 3.05) is 5.32 Å². The molecule has 1 aromatic rings. The van der Waals surface area contributed by atoms with E-state index in [0.717, 1.165) is 11.3 Å². The molecule has 0 bridgehead atoms. The summed E-state index contributed by atoms with van der Waals surface area (Å²) in [4.78, 5) is 24.6. The van der Waals surface area contributed by atoms with Gasteiger partial charge in [-0.2, -0.15) is 18.7 Å². The lowest BCUT2D eigenvalue weighted by Crippen LogP contribution is -2.36. The SMILES string of the molecule is O=C(NOC(=O)C(F)(F)F)Nc1cccs1. The third-order valence-electron chi connectivity index (χ3n) is 1.23. The number of halogens is 3. The molecule has 0 unspecified atom stereocenters. The van der Waals surface area contributed by atoms with Crippen LogP contribution >= 0.6 is 11.3 Å². The van der Waals surface area contributed by atoms with Gasteiger partial charge in [0.1, 0.15) is 0 Å². The standard InChI is InChI=1S/C7H5F3N2O3S/c8-7(9,10)5(13)15-12-6(14)11-4-2-1-3-16-4/h1-3H,(H2,11,12,14). The molecule has 16 heavy (non-hydrogen) atoms. The first-order chi connectivity index (χ1) is 7.39. The Morgan fingerprint density at radius 2 is 2.06 bits per heavy atom. The van der Waals surface area contributed by atoms with Crippen LogP contribution in [-0.4, -0.2) is 18.2 Å². The highest BCUT2D eigenvalue weighted by atomic mass is 32.1. The van der Waals surface area contributed by atoms with Crippen LogP contribution in [-0.2, 0) is 9.63 Å². The van der Waals surface area contributed by atoms with Gasteiger partial charge in [-0.3, -0.25) is 5.32 Å². The number of amides is 2. The van der Waals surface area contributed by atoms with E-state index in [1.165, 1.54) is 11.5 Å². The Hall–Kier alpha value is -1.77. The Kier molecular flexibility index (Phi) is 3.72. The summed E-state index contributed by atoms with van der Waals surface area (Å²) in [6.45, 7) is 0. The van der Waals surface area contributed by atoms with Crippen LogP contribution in [0.15, 0.2) is 17.5 Å². The van der Waals surface area contributed by atoms with Gasteiger partial charge in [-0.25, -0.2) is 9.59 Å². The van der Waals surface area contributed by atoms with Crippen LogP contribution in [0, 0.1) is 0 Å². The van der Waals surface area contributed by atoms with Gasteiger partial charge >= 0.3 is 18.2 Å². The normalized spacial score (nSPS) is 10.7. The van der Waals surface area contributed by atoms with Crippen LogP contribution in [0.1, 0.15) is 0 Å². The van der Waals surface area contributed by atoms with E-state index in [2.05, 4.69) is 10.2 Å². The number of hydrogen-bond acceptors (Lipinski definition) is 4. The van der Waals surface area contributed by atoms with Crippen molar-refractivity contribution in [3.05, 3.63) is 17.5 Å². The molecule has 0 aliphatic rings. The van der Waals surface area contributed by atoms with E-state index in [-0.39, 0.29) is 0 Å². The maximum absolute atomic E-state index is 11.6. The number of thiophene rings is 1. The van der Waals surface area contributed by atoms with Crippen molar-refractivity contribution in [3.8, 4) is 0 Å². The molecule has 0 aliphatic carbocycles. The fourth-order valence-corrected chi connectivity index (χ4v) is 1.25. The largest absolute Gasteiger partial charge is 0.493 e. The molecular weight excluding hydrogens is 249 g/mol. The average Bonchev–Trinajstić information content (AvgIpc) is 2.65. The fourth-order valence-electron chi connectivity index (χ4n) is 0.638. The molecular formula is C7H5F3N2O3S. The molecule has 2 N–H and O–H groups in total.